The Balaban J connectivity index is 1.38. The molecule has 0 spiro atoms. The second kappa shape index (κ2) is 5.45. The van der Waals surface area contributed by atoms with E-state index in [0.717, 1.165) is 17.8 Å². The molecule has 1 heterocycles. The molecule has 0 atom stereocenters. The van der Waals surface area contributed by atoms with Gasteiger partial charge in [0.15, 0.2) is 0 Å². The SMILES string of the molecule is CS(=O)(=O)N1CCN(C(=O)CC23CC4CC(CC(C4)C2)C3)CC1. The average Bonchev–Trinajstić information content (AvgIpc) is 2.44. The minimum atomic E-state index is -3.12. The molecule has 130 valence electrons. The molecule has 1 saturated heterocycles. The Kier molecular flexibility index (Phi) is 3.76. The minimum Gasteiger partial charge on any atom is -0.340 e. The van der Waals surface area contributed by atoms with Crippen molar-refractivity contribution in [2.75, 3.05) is 32.4 Å². The molecule has 4 aliphatic carbocycles. The van der Waals surface area contributed by atoms with Crippen LogP contribution < -0.4 is 0 Å². The normalized spacial score (nSPS) is 40.6. The topological polar surface area (TPSA) is 57.7 Å². The van der Waals surface area contributed by atoms with Crippen LogP contribution in [0.4, 0.5) is 0 Å². The number of sulfonamides is 1. The molecule has 1 amide bonds. The summed E-state index contributed by atoms with van der Waals surface area (Å²) in [5.41, 5.74) is 0.278. The second-order valence-electron chi connectivity index (χ2n) is 8.64. The molecule has 0 radical (unpaired) electrons. The van der Waals surface area contributed by atoms with Crippen molar-refractivity contribution in [2.24, 2.45) is 23.2 Å². The van der Waals surface area contributed by atoms with Crippen LogP contribution in [0.25, 0.3) is 0 Å². The molecule has 0 unspecified atom stereocenters. The largest absolute Gasteiger partial charge is 0.340 e. The minimum absolute atomic E-state index is 0.264. The van der Waals surface area contributed by atoms with Gasteiger partial charge in [0.25, 0.3) is 0 Å². The van der Waals surface area contributed by atoms with Crippen molar-refractivity contribution in [3.05, 3.63) is 0 Å². The molecule has 5 aliphatic rings. The van der Waals surface area contributed by atoms with Gasteiger partial charge in [0.1, 0.15) is 0 Å². The smallest absolute Gasteiger partial charge is 0.223 e. The Morgan fingerprint density at radius 2 is 1.43 bits per heavy atom. The molecule has 23 heavy (non-hydrogen) atoms. The highest BCUT2D eigenvalue weighted by Gasteiger charge is 2.51. The molecule has 4 saturated carbocycles. The fraction of sp³-hybridized carbons (Fsp3) is 0.941. The monoisotopic (exact) mass is 340 g/mol. The average molecular weight is 340 g/mol. The number of amides is 1. The fourth-order valence-corrected chi connectivity index (χ4v) is 7.03. The first-order valence-electron chi connectivity index (χ1n) is 9.06. The Morgan fingerprint density at radius 1 is 0.957 bits per heavy atom. The Labute approximate surface area is 139 Å². The van der Waals surface area contributed by atoms with Crippen molar-refractivity contribution < 1.29 is 13.2 Å². The van der Waals surface area contributed by atoms with Crippen molar-refractivity contribution in [2.45, 2.75) is 44.9 Å². The summed E-state index contributed by atoms with van der Waals surface area (Å²) >= 11 is 0. The van der Waals surface area contributed by atoms with Gasteiger partial charge < -0.3 is 4.90 Å². The van der Waals surface area contributed by atoms with E-state index >= 15 is 0 Å². The van der Waals surface area contributed by atoms with Crippen LogP contribution in [-0.4, -0.2) is 56.0 Å². The molecule has 0 aromatic carbocycles. The van der Waals surface area contributed by atoms with Gasteiger partial charge in [-0.05, 0) is 61.7 Å². The fourth-order valence-electron chi connectivity index (χ4n) is 6.21. The van der Waals surface area contributed by atoms with Crippen molar-refractivity contribution >= 4 is 15.9 Å². The first-order chi connectivity index (χ1) is 10.8. The first kappa shape index (κ1) is 15.9. The van der Waals surface area contributed by atoms with E-state index in [-0.39, 0.29) is 11.3 Å². The van der Waals surface area contributed by atoms with E-state index in [1.54, 1.807) is 0 Å². The van der Waals surface area contributed by atoms with E-state index in [4.69, 9.17) is 0 Å². The van der Waals surface area contributed by atoms with Crippen LogP contribution in [0, 0.1) is 23.2 Å². The van der Waals surface area contributed by atoms with Crippen LogP contribution >= 0.6 is 0 Å². The quantitative estimate of drug-likeness (QED) is 0.786. The van der Waals surface area contributed by atoms with E-state index in [1.807, 2.05) is 4.90 Å². The van der Waals surface area contributed by atoms with Gasteiger partial charge >= 0.3 is 0 Å². The summed E-state index contributed by atoms with van der Waals surface area (Å²) in [5, 5.41) is 0. The molecule has 1 aliphatic heterocycles. The molecule has 4 bridgehead atoms. The standard InChI is InChI=1S/C17H28N2O3S/c1-23(21,22)19-4-2-18(3-5-19)16(20)12-17-9-13-6-14(10-17)8-15(7-13)11-17/h13-15H,2-12H2,1H3. The zero-order valence-corrected chi connectivity index (χ0v) is 14.9. The zero-order valence-electron chi connectivity index (χ0n) is 14.0. The third kappa shape index (κ3) is 3.04. The van der Waals surface area contributed by atoms with Crippen LogP contribution in [0.1, 0.15) is 44.9 Å². The van der Waals surface area contributed by atoms with Gasteiger partial charge in [-0.2, -0.15) is 4.31 Å². The van der Waals surface area contributed by atoms with Crippen LogP contribution in [0.2, 0.25) is 0 Å². The second-order valence-corrected chi connectivity index (χ2v) is 10.6. The highest BCUT2D eigenvalue weighted by Crippen LogP contribution is 2.61. The lowest BCUT2D eigenvalue weighted by molar-refractivity contribution is -0.140. The van der Waals surface area contributed by atoms with Gasteiger partial charge in [-0.3, -0.25) is 4.79 Å². The van der Waals surface area contributed by atoms with Crippen LogP contribution in [0.15, 0.2) is 0 Å². The molecular formula is C17H28N2O3S. The van der Waals surface area contributed by atoms with E-state index in [1.165, 1.54) is 49.1 Å². The molecule has 5 fully saturated rings. The maximum absolute atomic E-state index is 12.8. The third-order valence-electron chi connectivity index (χ3n) is 6.75. The number of nitrogens with zero attached hydrogens (tertiary/aromatic N) is 2. The number of rotatable bonds is 3. The Bertz CT molecular complexity index is 558. The summed E-state index contributed by atoms with van der Waals surface area (Å²) in [6.07, 6.45) is 9.94. The molecule has 5 nitrogen and oxygen atoms in total. The molecule has 0 aromatic rings. The predicted octanol–water partition coefficient (Wildman–Crippen LogP) is 1.70. The lowest BCUT2D eigenvalue weighted by atomic mass is 9.49. The molecule has 6 heteroatoms. The van der Waals surface area contributed by atoms with Crippen molar-refractivity contribution in [3.8, 4) is 0 Å². The summed E-state index contributed by atoms with van der Waals surface area (Å²) in [6.45, 7) is 2.01. The summed E-state index contributed by atoms with van der Waals surface area (Å²) < 4.78 is 24.7. The maximum Gasteiger partial charge on any atom is 0.223 e. The maximum atomic E-state index is 12.8. The molecule has 0 aromatic heterocycles. The summed E-state index contributed by atoms with van der Waals surface area (Å²) in [4.78, 5) is 14.7. The number of carbonyl (C=O) groups excluding carboxylic acids is 1. The number of carbonyl (C=O) groups is 1. The summed E-state index contributed by atoms with van der Waals surface area (Å²) in [7, 11) is -3.12. The molecule has 0 N–H and O–H groups in total. The van der Waals surface area contributed by atoms with Gasteiger partial charge in [-0.15, -0.1) is 0 Å². The van der Waals surface area contributed by atoms with Gasteiger partial charge in [-0.25, -0.2) is 8.42 Å². The predicted molar refractivity (Wildman–Crippen MR) is 88.2 cm³/mol. The lowest BCUT2D eigenvalue weighted by Gasteiger charge is -2.57. The van der Waals surface area contributed by atoms with Crippen LogP contribution in [-0.2, 0) is 14.8 Å². The van der Waals surface area contributed by atoms with Crippen LogP contribution in [0.3, 0.4) is 0 Å². The summed E-state index contributed by atoms with van der Waals surface area (Å²) in [5.74, 6) is 2.88. The van der Waals surface area contributed by atoms with Crippen molar-refractivity contribution in [1.82, 2.24) is 9.21 Å². The van der Waals surface area contributed by atoms with E-state index in [9.17, 15) is 13.2 Å². The summed E-state index contributed by atoms with van der Waals surface area (Å²) in [6, 6.07) is 0. The Hall–Kier alpha value is -0.620. The van der Waals surface area contributed by atoms with Gasteiger partial charge in [0.2, 0.25) is 15.9 Å². The number of hydrogen-bond acceptors (Lipinski definition) is 3. The van der Waals surface area contributed by atoms with Gasteiger partial charge in [0, 0.05) is 32.6 Å². The van der Waals surface area contributed by atoms with Crippen molar-refractivity contribution in [3.63, 3.8) is 0 Å². The third-order valence-corrected chi connectivity index (χ3v) is 8.05. The van der Waals surface area contributed by atoms with Crippen molar-refractivity contribution in [1.29, 1.82) is 0 Å². The number of piperazine rings is 1. The van der Waals surface area contributed by atoms with Crippen LogP contribution in [0.5, 0.6) is 0 Å². The Morgan fingerprint density at radius 3 is 1.87 bits per heavy atom. The zero-order chi connectivity index (χ0) is 16.2. The molecular weight excluding hydrogens is 312 g/mol. The number of hydrogen-bond donors (Lipinski definition) is 0. The van der Waals surface area contributed by atoms with Gasteiger partial charge in [0.05, 0.1) is 6.26 Å². The van der Waals surface area contributed by atoms with E-state index in [0.29, 0.717) is 32.6 Å². The highest BCUT2D eigenvalue weighted by atomic mass is 32.2. The molecule has 5 rings (SSSR count). The first-order valence-corrected chi connectivity index (χ1v) is 10.9. The lowest BCUT2D eigenvalue weighted by Crippen LogP contribution is -2.53. The highest BCUT2D eigenvalue weighted by molar-refractivity contribution is 7.88. The van der Waals surface area contributed by atoms with E-state index in [2.05, 4.69) is 0 Å². The van der Waals surface area contributed by atoms with Gasteiger partial charge in [-0.1, -0.05) is 0 Å². The van der Waals surface area contributed by atoms with E-state index < -0.39 is 10.0 Å².